The van der Waals surface area contributed by atoms with Crippen LogP contribution in [0.5, 0.6) is 0 Å². The zero-order chi connectivity index (χ0) is 13.6. The second kappa shape index (κ2) is 5.02. The summed E-state index contributed by atoms with van der Waals surface area (Å²) in [5, 5.41) is 4.52. The molecule has 6 heteroatoms. The largest absolute Gasteiger partial charge is 0.308 e. The second-order valence-electron chi connectivity index (χ2n) is 5.05. The van der Waals surface area contributed by atoms with Gasteiger partial charge in [0.05, 0.1) is 11.1 Å². The lowest BCUT2D eigenvalue weighted by molar-refractivity contribution is 0.527. The predicted molar refractivity (Wildman–Crippen MR) is 81.2 cm³/mol. The number of thioether (sulfide) groups is 1. The molecule has 3 heterocycles. The van der Waals surface area contributed by atoms with Crippen LogP contribution in [0.4, 0.5) is 0 Å². The van der Waals surface area contributed by atoms with Gasteiger partial charge >= 0.3 is 0 Å². The van der Waals surface area contributed by atoms with Crippen LogP contribution in [0, 0.1) is 6.92 Å². The van der Waals surface area contributed by atoms with E-state index in [0.717, 1.165) is 35.0 Å². The van der Waals surface area contributed by atoms with Crippen molar-refractivity contribution in [3.8, 4) is 0 Å². The minimum Gasteiger partial charge on any atom is -0.308 e. The van der Waals surface area contributed by atoms with E-state index < -0.39 is 0 Å². The van der Waals surface area contributed by atoms with Crippen molar-refractivity contribution in [1.29, 1.82) is 0 Å². The highest BCUT2D eigenvalue weighted by Gasteiger charge is 2.27. The molecule has 1 fully saturated rings. The maximum absolute atomic E-state index is 6.34. The molecule has 0 spiro atoms. The molecule has 0 radical (unpaired) electrons. The van der Waals surface area contributed by atoms with Gasteiger partial charge in [0.25, 0.3) is 0 Å². The summed E-state index contributed by atoms with van der Waals surface area (Å²) in [6, 6.07) is 0.507. The van der Waals surface area contributed by atoms with Crippen LogP contribution in [0.25, 0.3) is 11.2 Å². The molecule has 0 amide bonds. The van der Waals surface area contributed by atoms with Crippen molar-refractivity contribution in [3.63, 3.8) is 0 Å². The summed E-state index contributed by atoms with van der Waals surface area (Å²) >= 11 is 8.35. The third-order valence-electron chi connectivity index (χ3n) is 3.70. The highest BCUT2D eigenvalue weighted by Crippen LogP contribution is 2.35. The molecule has 2 aromatic rings. The highest BCUT2D eigenvalue weighted by molar-refractivity contribution is 7.99. The lowest BCUT2D eigenvalue weighted by Crippen LogP contribution is -2.15. The van der Waals surface area contributed by atoms with Gasteiger partial charge < -0.3 is 4.57 Å². The molecule has 0 bridgehead atoms. The Balaban J connectivity index is 2.26. The fraction of sp³-hybridized carbons (Fsp3) is 0.692. The molecule has 1 aliphatic rings. The summed E-state index contributed by atoms with van der Waals surface area (Å²) in [7, 11) is 0. The van der Waals surface area contributed by atoms with Gasteiger partial charge in [-0.2, -0.15) is 16.9 Å². The van der Waals surface area contributed by atoms with E-state index in [-0.39, 0.29) is 5.38 Å². The van der Waals surface area contributed by atoms with Crippen LogP contribution in [0.15, 0.2) is 0 Å². The summed E-state index contributed by atoms with van der Waals surface area (Å²) in [4.78, 5) is 4.76. The molecule has 1 saturated heterocycles. The standard InChI is InChI=1S/C13H19ClN4S/c1-4-17-13-11(9(3)16-17)15-12(8(2)14)18(13)10-5-6-19-7-10/h8,10H,4-7H2,1-3H3. The van der Waals surface area contributed by atoms with Crippen molar-refractivity contribution in [2.45, 2.75) is 45.2 Å². The Morgan fingerprint density at radius 2 is 2.32 bits per heavy atom. The first-order valence-corrected chi connectivity index (χ1v) is 8.39. The van der Waals surface area contributed by atoms with E-state index in [4.69, 9.17) is 16.6 Å². The maximum Gasteiger partial charge on any atom is 0.159 e. The average Bonchev–Trinajstić information content (AvgIpc) is 3.05. The number of alkyl halides is 1. The van der Waals surface area contributed by atoms with E-state index in [1.807, 2.05) is 25.6 Å². The SMILES string of the molecule is CCn1nc(C)c2nc(C(C)Cl)n(C3CCSC3)c21. The molecular formula is C13H19ClN4S. The molecule has 19 heavy (non-hydrogen) atoms. The fourth-order valence-electron chi connectivity index (χ4n) is 2.79. The number of fused-ring (bicyclic) bond motifs is 1. The van der Waals surface area contributed by atoms with Crippen molar-refractivity contribution < 1.29 is 0 Å². The summed E-state index contributed by atoms with van der Waals surface area (Å²) in [6.07, 6.45) is 1.20. The van der Waals surface area contributed by atoms with Crippen molar-refractivity contribution in [2.75, 3.05) is 11.5 Å². The van der Waals surface area contributed by atoms with Gasteiger partial charge in [-0.1, -0.05) is 0 Å². The van der Waals surface area contributed by atoms with Crippen LogP contribution in [0.2, 0.25) is 0 Å². The number of aryl methyl sites for hydroxylation is 2. The third kappa shape index (κ3) is 2.07. The minimum atomic E-state index is -0.0669. The molecule has 1 aliphatic heterocycles. The first kappa shape index (κ1) is 13.3. The third-order valence-corrected chi connectivity index (χ3v) is 5.04. The monoisotopic (exact) mass is 298 g/mol. The summed E-state index contributed by atoms with van der Waals surface area (Å²) < 4.78 is 4.40. The molecule has 2 aromatic heterocycles. The van der Waals surface area contributed by atoms with Crippen molar-refractivity contribution in [3.05, 3.63) is 11.5 Å². The van der Waals surface area contributed by atoms with E-state index in [1.165, 1.54) is 12.2 Å². The number of imidazole rings is 1. The van der Waals surface area contributed by atoms with Crippen LogP contribution >= 0.6 is 23.4 Å². The number of aromatic nitrogens is 4. The molecule has 2 unspecified atom stereocenters. The fourth-order valence-corrected chi connectivity index (χ4v) is 4.14. The second-order valence-corrected chi connectivity index (χ2v) is 6.85. The number of hydrogen-bond acceptors (Lipinski definition) is 3. The van der Waals surface area contributed by atoms with Gasteiger partial charge in [-0.3, -0.25) is 0 Å². The Morgan fingerprint density at radius 3 is 2.89 bits per heavy atom. The number of halogens is 1. The molecule has 2 atom stereocenters. The normalized spacial score (nSPS) is 21.4. The van der Waals surface area contributed by atoms with Gasteiger partial charge in [-0.25, -0.2) is 9.67 Å². The van der Waals surface area contributed by atoms with E-state index in [2.05, 4.69) is 21.3 Å². The lowest BCUT2D eigenvalue weighted by atomic mass is 10.2. The van der Waals surface area contributed by atoms with E-state index in [0.29, 0.717) is 6.04 Å². The Hall–Kier alpha value is -0.680. The minimum absolute atomic E-state index is 0.0669. The summed E-state index contributed by atoms with van der Waals surface area (Å²) in [6.45, 7) is 7.01. The summed E-state index contributed by atoms with van der Waals surface area (Å²) in [5.74, 6) is 3.36. The summed E-state index contributed by atoms with van der Waals surface area (Å²) in [5.41, 5.74) is 3.16. The average molecular weight is 299 g/mol. The van der Waals surface area contributed by atoms with Crippen LogP contribution in [0.3, 0.4) is 0 Å². The van der Waals surface area contributed by atoms with Crippen LogP contribution in [0.1, 0.15) is 43.2 Å². The Morgan fingerprint density at radius 1 is 1.53 bits per heavy atom. The molecule has 104 valence electrons. The molecule has 4 nitrogen and oxygen atoms in total. The Labute approximate surface area is 122 Å². The van der Waals surface area contributed by atoms with Gasteiger partial charge in [0.1, 0.15) is 11.3 Å². The van der Waals surface area contributed by atoms with Gasteiger partial charge in [0.2, 0.25) is 0 Å². The van der Waals surface area contributed by atoms with Crippen LogP contribution in [-0.2, 0) is 6.54 Å². The number of rotatable bonds is 3. The first-order chi connectivity index (χ1) is 9.13. The van der Waals surface area contributed by atoms with Gasteiger partial charge in [-0.05, 0) is 32.9 Å². The predicted octanol–water partition coefficient (Wildman–Crippen LogP) is 3.54. The molecule has 0 aromatic carbocycles. The molecule has 0 aliphatic carbocycles. The number of hydrogen-bond donors (Lipinski definition) is 0. The lowest BCUT2D eigenvalue weighted by Gasteiger charge is -2.17. The van der Waals surface area contributed by atoms with Crippen LogP contribution < -0.4 is 0 Å². The highest BCUT2D eigenvalue weighted by atomic mass is 35.5. The van der Waals surface area contributed by atoms with Gasteiger partial charge in [-0.15, -0.1) is 11.6 Å². The topological polar surface area (TPSA) is 35.6 Å². The van der Waals surface area contributed by atoms with Crippen molar-refractivity contribution in [2.24, 2.45) is 0 Å². The van der Waals surface area contributed by atoms with Gasteiger partial charge in [0, 0.05) is 18.3 Å². The zero-order valence-electron chi connectivity index (χ0n) is 11.6. The van der Waals surface area contributed by atoms with Crippen molar-refractivity contribution >= 4 is 34.5 Å². The van der Waals surface area contributed by atoms with E-state index >= 15 is 0 Å². The maximum atomic E-state index is 6.34. The molecule has 0 N–H and O–H groups in total. The van der Waals surface area contributed by atoms with E-state index in [1.54, 1.807) is 0 Å². The Kier molecular flexibility index (Phi) is 3.52. The zero-order valence-corrected chi connectivity index (χ0v) is 13.1. The van der Waals surface area contributed by atoms with E-state index in [9.17, 15) is 0 Å². The van der Waals surface area contributed by atoms with Crippen molar-refractivity contribution in [1.82, 2.24) is 19.3 Å². The Bertz CT molecular complexity index is 595. The molecule has 3 rings (SSSR count). The quantitative estimate of drug-likeness (QED) is 0.813. The number of nitrogens with zero attached hydrogens (tertiary/aromatic N) is 4. The smallest absolute Gasteiger partial charge is 0.159 e. The molecular weight excluding hydrogens is 280 g/mol. The molecule has 0 saturated carbocycles. The van der Waals surface area contributed by atoms with Gasteiger partial charge in [0.15, 0.2) is 5.65 Å². The first-order valence-electron chi connectivity index (χ1n) is 6.80. The van der Waals surface area contributed by atoms with Crippen LogP contribution in [-0.4, -0.2) is 30.8 Å².